The Hall–Kier alpha value is -1.68. The quantitative estimate of drug-likeness (QED) is 0.798. The highest BCUT2D eigenvalue weighted by Gasteiger charge is 2.05. The molecule has 2 N–H and O–H groups in total. The summed E-state index contributed by atoms with van der Waals surface area (Å²) in [6.07, 6.45) is 2.72. The lowest BCUT2D eigenvalue weighted by Crippen LogP contribution is -1.94. The Balaban J connectivity index is 1.84. The van der Waals surface area contributed by atoms with Crippen LogP contribution in [0.3, 0.4) is 0 Å². The van der Waals surface area contributed by atoms with Gasteiger partial charge in [0.2, 0.25) is 0 Å². The minimum absolute atomic E-state index is 0.243. The molecule has 0 aliphatic rings. The molecule has 0 aliphatic heterocycles. The predicted molar refractivity (Wildman–Crippen MR) is 68.6 cm³/mol. The van der Waals surface area contributed by atoms with Gasteiger partial charge in [0.05, 0.1) is 0 Å². The smallest absolute Gasteiger partial charge is 0.352 e. The van der Waals surface area contributed by atoms with Gasteiger partial charge in [0.25, 0.3) is 0 Å². The zero-order valence-corrected chi connectivity index (χ0v) is 10.0. The standard InChI is InChI=1S/C13H13NO2S/c15-13(16)12-8-11(9-14-12)17-7-6-10-4-2-1-3-5-10/h1-5,8-9,14H,6-7H2,(H,15,16). The topological polar surface area (TPSA) is 53.1 Å². The van der Waals surface area contributed by atoms with Crippen molar-refractivity contribution >= 4 is 17.7 Å². The lowest BCUT2D eigenvalue weighted by molar-refractivity contribution is 0.0691. The normalized spacial score (nSPS) is 10.4. The first-order chi connectivity index (χ1) is 8.25. The Morgan fingerprint density at radius 3 is 2.71 bits per heavy atom. The van der Waals surface area contributed by atoms with Crippen molar-refractivity contribution in [3.63, 3.8) is 0 Å². The molecule has 2 rings (SSSR count). The third-order valence-corrected chi connectivity index (χ3v) is 3.37. The highest BCUT2D eigenvalue weighted by atomic mass is 32.2. The van der Waals surface area contributed by atoms with Gasteiger partial charge in [-0.1, -0.05) is 30.3 Å². The Bertz CT molecular complexity index is 493. The van der Waals surface area contributed by atoms with E-state index < -0.39 is 5.97 Å². The van der Waals surface area contributed by atoms with E-state index in [1.807, 2.05) is 18.2 Å². The van der Waals surface area contributed by atoms with Gasteiger partial charge >= 0.3 is 5.97 Å². The van der Waals surface area contributed by atoms with Crippen molar-refractivity contribution in [3.8, 4) is 0 Å². The number of carboxylic acid groups (broad SMARTS) is 1. The van der Waals surface area contributed by atoms with E-state index in [9.17, 15) is 4.79 Å². The SMILES string of the molecule is O=C(O)c1cc(SCCc2ccccc2)c[nH]1. The highest BCUT2D eigenvalue weighted by molar-refractivity contribution is 7.99. The van der Waals surface area contributed by atoms with Crippen LogP contribution in [0.4, 0.5) is 0 Å². The first kappa shape index (κ1) is 11.8. The van der Waals surface area contributed by atoms with Crippen molar-refractivity contribution in [2.24, 2.45) is 0 Å². The van der Waals surface area contributed by atoms with E-state index in [0.29, 0.717) is 0 Å². The molecule has 0 aliphatic carbocycles. The second-order valence-electron chi connectivity index (χ2n) is 3.64. The largest absolute Gasteiger partial charge is 0.477 e. The average molecular weight is 247 g/mol. The molecule has 2 aromatic rings. The summed E-state index contributed by atoms with van der Waals surface area (Å²) in [6.45, 7) is 0. The van der Waals surface area contributed by atoms with E-state index in [1.54, 1.807) is 24.0 Å². The summed E-state index contributed by atoms with van der Waals surface area (Å²) >= 11 is 1.66. The molecule has 1 aromatic heterocycles. The first-order valence-corrected chi connectivity index (χ1v) is 6.33. The van der Waals surface area contributed by atoms with Gasteiger partial charge in [-0.2, -0.15) is 0 Å². The number of aryl methyl sites for hydroxylation is 1. The molecule has 1 aromatic carbocycles. The van der Waals surface area contributed by atoms with E-state index >= 15 is 0 Å². The van der Waals surface area contributed by atoms with E-state index in [-0.39, 0.29) is 5.69 Å². The molecule has 0 amide bonds. The van der Waals surface area contributed by atoms with Crippen LogP contribution in [0.1, 0.15) is 16.1 Å². The van der Waals surface area contributed by atoms with Crippen LogP contribution in [0, 0.1) is 0 Å². The number of nitrogens with one attached hydrogen (secondary N) is 1. The molecule has 0 radical (unpaired) electrons. The van der Waals surface area contributed by atoms with E-state index in [0.717, 1.165) is 17.1 Å². The van der Waals surface area contributed by atoms with Crippen molar-refractivity contribution in [2.45, 2.75) is 11.3 Å². The minimum atomic E-state index is -0.917. The van der Waals surface area contributed by atoms with Crippen molar-refractivity contribution in [1.29, 1.82) is 0 Å². The number of thioether (sulfide) groups is 1. The number of hydrogen-bond acceptors (Lipinski definition) is 2. The Kier molecular flexibility index (Phi) is 3.88. The summed E-state index contributed by atoms with van der Waals surface area (Å²) < 4.78 is 0. The summed E-state index contributed by atoms with van der Waals surface area (Å²) in [6, 6.07) is 11.9. The summed E-state index contributed by atoms with van der Waals surface area (Å²) in [5.41, 5.74) is 1.54. The zero-order chi connectivity index (χ0) is 12.1. The molecule has 0 spiro atoms. The number of rotatable bonds is 5. The molecule has 4 heteroatoms. The Morgan fingerprint density at radius 1 is 1.29 bits per heavy atom. The van der Waals surface area contributed by atoms with Crippen LogP contribution >= 0.6 is 11.8 Å². The molecule has 17 heavy (non-hydrogen) atoms. The molecular weight excluding hydrogens is 234 g/mol. The number of hydrogen-bond donors (Lipinski definition) is 2. The molecule has 0 unspecified atom stereocenters. The number of aromatic carboxylic acids is 1. The van der Waals surface area contributed by atoms with Crippen molar-refractivity contribution in [3.05, 3.63) is 53.9 Å². The average Bonchev–Trinajstić information content (AvgIpc) is 2.79. The van der Waals surface area contributed by atoms with Crippen molar-refractivity contribution in [1.82, 2.24) is 4.98 Å². The second-order valence-corrected chi connectivity index (χ2v) is 4.81. The molecule has 0 fully saturated rings. The fourth-order valence-corrected chi connectivity index (χ4v) is 2.43. The molecule has 0 saturated heterocycles. The number of carboxylic acids is 1. The summed E-state index contributed by atoms with van der Waals surface area (Å²) in [7, 11) is 0. The fourth-order valence-electron chi connectivity index (χ4n) is 1.51. The molecule has 88 valence electrons. The van der Waals surface area contributed by atoms with Crippen molar-refractivity contribution in [2.75, 3.05) is 5.75 Å². The van der Waals surface area contributed by atoms with Crippen LogP contribution in [0.15, 0.2) is 47.5 Å². The van der Waals surface area contributed by atoms with Crippen molar-refractivity contribution < 1.29 is 9.90 Å². The van der Waals surface area contributed by atoms with Crippen LogP contribution < -0.4 is 0 Å². The Morgan fingerprint density at radius 2 is 2.06 bits per heavy atom. The summed E-state index contributed by atoms with van der Waals surface area (Å²) in [5.74, 6) is 0.0286. The minimum Gasteiger partial charge on any atom is -0.477 e. The van der Waals surface area contributed by atoms with Crippen LogP contribution in [0.5, 0.6) is 0 Å². The molecule has 3 nitrogen and oxygen atoms in total. The number of carbonyl (C=O) groups is 1. The van der Waals surface area contributed by atoms with Gasteiger partial charge < -0.3 is 10.1 Å². The third kappa shape index (κ3) is 3.39. The third-order valence-electron chi connectivity index (χ3n) is 2.39. The van der Waals surface area contributed by atoms with Gasteiger partial charge in [-0.15, -0.1) is 11.8 Å². The lowest BCUT2D eigenvalue weighted by atomic mass is 10.2. The maximum absolute atomic E-state index is 10.7. The maximum atomic E-state index is 10.7. The van der Waals surface area contributed by atoms with Crippen LogP contribution in [-0.4, -0.2) is 21.8 Å². The highest BCUT2D eigenvalue weighted by Crippen LogP contribution is 2.20. The van der Waals surface area contributed by atoms with Gasteiger partial charge in [0.1, 0.15) is 5.69 Å². The summed E-state index contributed by atoms with van der Waals surface area (Å²) in [5, 5.41) is 8.76. The summed E-state index contributed by atoms with van der Waals surface area (Å²) in [4.78, 5) is 14.4. The van der Waals surface area contributed by atoms with Gasteiger partial charge in [-0.05, 0) is 18.1 Å². The predicted octanol–water partition coefficient (Wildman–Crippen LogP) is 3.05. The lowest BCUT2D eigenvalue weighted by Gasteiger charge is -1.99. The molecular formula is C13H13NO2S. The van der Waals surface area contributed by atoms with Gasteiger partial charge in [0.15, 0.2) is 0 Å². The van der Waals surface area contributed by atoms with E-state index in [2.05, 4.69) is 17.1 Å². The maximum Gasteiger partial charge on any atom is 0.352 e. The van der Waals surface area contributed by atoms with Crippen LogP contribution in [0.2, 0.25) is 0 Å². The van der Waals surface area contributed by atoms with Gasteiger partial charge in [-0.3, -0.25) is 0 Å². The van der Waals surface area contributed by atoms with Gasteiger partial charge in [0, 0.05) is 16.8 Å². The second kappa shape index (κ2) is 5.59. The number of H-pyrrole nitrogens is 1. The monoisotopic (exact) mass is 247 g/mol. The molecule has 0 bridgehead atoms. The van der Waals surface area contributed by atoms with Crippen LogP contribution in [-0.2, 0) is 6.42 Å². The fraction of sp³-hybridized carbons (Fsp3) is 0.154. The number of benzene rings is 1. The van der Waals surface area contributed by atoms with E-state index in [4.69, 9.17) is 5.11 Å². The number of aromatic nitrogens is 1. The number of aromatic amines is 1. The first-order valence-electron chi connectivity index (χ1n) is 5.34. The molecule has 1 heterocycles. The molecule has 0 atom stereocenters. The van der Waals surface area contributed by atoms with Crippen LogP contribution in [0.25, 0.3) is 0 Å². The zero-order valence-electron chi connectivity index (χ0n) is 9.22. The molecule has 0 saturated carbocycles. The Labute approximate surface area is 104 Å². The van der Waals surface area contributed by atoms with Gasteiger partial charge in [-0.25, -0.2) is 4.79 Å². The van der Waals surface area contributed by atoms with E-state index in [1.165, 1.54) is 5.56 Å².